The van der Waals surface area contributed by atoms with Crippen molar-refractivity contribution in [1.29, 1.82) is 0 Å². The van der Waals surface area contributed by atoms with E-state index in [2.05, 4.69) is 19.2 Å². The van der Waals surface area contributed by atoms with Gasteiger partial charge in [0.05, 0.1) is 5.56 Å². The van der Waals surface area contributed by atoms with Gasteiger partial charge in [0, 0.05) is 11.9 Å². The Bertz CT molecular complexity index is 420. The molecule has 100 valence electrons. The minimum atomic E-state index is -0.495. The Morgan fingerprint density at radius 3 is 2.61 bits per heavy atom. The van der Waals surface area contributed by atoms with Gasteiger partial charge in [0.2, 0.25) is 0 Å². The molecule has 1 aromatic rings. The van der Waals surface area contributed by atoms with Crippen LogP contribution in [0.2, 0.25) is 0 Å². The van der Waals surface area contributed by atoms with Gasteiger partial charge in [-0.2, -0.15) is 0 Å². The normalized spacial score (nSPS) is 12.6. The van der Waals surface area contributed by atoms with Gasteiger partial charge in [-0.15, -0.1) is 11.6 Å². The highest BCUT2D eigenvalue weighted by Crippen LogP contribution is 2.12. The summed E-state index contributed by atoms with van der Waals surface area (Å²) in [4.78, 5) is 11.9. The van der Waals surface area contributed by atoms with Crippen molar-refractivity contribution in [3.8, 4) is 0 Å². The lowest BCUT2D eigenvalue weighted by atomic mass is 10.0. The van der Waals surface area contributed by atoms with E-state index in [0.29, 0.717) is 11.8 Å². The van der Waals surface area contributed by atoms with E-state index in [-0.39, 0.29) is 11.6 Å². The van der Waals surface area contributed by atoms with E-state index in [9.17, 15) is 9.18 Å². The second kappa shape index (κ2) is 6.74. The van der Waals surface area contributed by atoms with Crippen LogP contribution in [0, 0.1) is 18.7 Å². The maximum Gasteiger partial charge on any atom is 0.254 e. The van der Waals surface area contributed by atoms with Gasteiger partial charge in [-0.05, 0) is 37.0 Å². The first kappa shape index (κ1) is 15.0. The van der Waals surface area contributed by atoms with Crippen LogP contribution in [-0.4, -0.2) is 17.8 Å². The Balaban J connectivity index is 2.74. The molecule has 2 nitrogen and oxygen atoms in total. The minimum absolute atomic E-state index is 0.0690. The lowest BCUT2D eigenvalue weighted by Crippen LogP contribution is -2.37. The quantitative estimate of drug-likeness (QED) is 0.816. The van der Waals surface area contributed by atoms with Crippen LogP contribution >= 0.6 is 11.6 Å². The molecule has 0 saturated heterocycles. The molecule has 1 rings (SSSR count). The number of carbonyl (C=O) groups is 1. The number of rotatable bonds is 5. The zero-order valence-corrected chi connectivity index (χ0v) is 11.7. The Morgan fingerprint density at radius 2 is 2.11 bits per heavy atom. The van der Waals surface area contributed by atoms with Crippen LogP contribution in [-0.2, 0) is 0 Å². The average Bonchev–Trinajstić information content (AvgIpc) is 2.27. The van der Waals surface area contributed by atoms with Gasteiger partial charge in [0.1, 0.15) is 5.82 Å². The zero-order chi connectivity index (χ0) is 13.7. The monoisotopic (exact) mass is 271 g/mol. The zero-order valence-electron chi connectivity index (χ0n) is 11.0. The van der Waals surface area contributed by atoms with E-state index in [1.165, 1.54) is 12.1 Å². The van der Waals surface area contributed by atoms with Crippen molar-refractivity contribution in [2.24, 2.45) is 5.92 Å². The highest BCUT2D eigenvalue weighted by molar-refractivity contribution is 6.18. The van der Waals surface area contributed by atoms with Gasteiger partial charge >= 0.3 is 0 Å². The molecule has 0 heterocycles. The van der Waals surface area contributed by atoms with E-state index in [0.717, 1.165) is 12.0 Å². The number of benzene rings is 1. The fourth-order valence-corrected chi connectivity index (χ4v) is 2.00. The molecule has 1 unspecified atom stereocenters. The Morgan fingerprint density at radius 1 is 1.44 bits per heavy atom. The summed E-state index contributed by atoms with van der Waals surface area (Å²) in [5.74, 6) is -0.140. The van der Waals surface area contributed by atoms with Crippen LogP contribution in [0.25, 0.3) is 0 Å². The van der Waals surface area contributed by atoms with Crippen molar-refractivity contribution in [1.82, 2.24) is 5.32 Å². The summed E-state index contributed by atoms with van der Waals surface area (Å²) < 4.78 is 13.6. The fourth-order valence-electron chi connectivity index (χ4n) is 1.80. The predicted octanol–water partition coefficient (Wildman–Crippen LogP) is 3.52. The lowest BCUT2D eigenvalue weighted by Gasteiger charge is -2.18. The number of halogens is 2. The third-order valence-corrected chi connectivity index (χ3v) is 3.02. The van der Waals surface area contributed by atoms with E-state index in [1.807, 2.05) is 0 Å². The van der Waals surface area contributed by atoms with Crippen molar-refractivity contribution in [3.63, 3.8) is 0 Å². The van der Waals surface area contributed by atoms with Gasteiger partial charge in [0.25, 0.3) is 5.91 Å². The Kier molecular flexibility index (Phi) is 5.60. The van der Waals surface area contributed by atoms with Gasteiger partial charge in [-0.3, -0.25) is 4.79 Å². The molecule has 0 radical (unpaired) electrons. The largest absolute Gasteiger partial charge is 0.348 e. The van der Waals surface area contributed by atoms with E-state index in [4.69, 9.17) is 11.6 Å². The SMILES string of the molecule is Cc1ccc(C(=O)NC(CCl)CC(C)C)c(F)c1. The summed E-state index contributed by atoms with van der Waals surface area (Å²) in [6, 6.07) is 4.45. The molecule has 0 saturated carbocycles. The number of alkyl halides is 1. The molecule has 4 heteroatoms. The van der Waals surface area contributed by atoms with E-state index in [1.54, 1.807) is 13.0 Å². The third kappa shape index (κ3) is 4.30. The van der Waals surface area contributed by atoms with Crippen LogP contribution in [0.15, 0.2) is 18.2 Å². The molecule has 0 bridgehead atoms. The average molecular weight is 272 g/mol. The molecular weight excluding hydrogens is 253 g/mol. The molecule has 0 aliphatic heterocycles. The van der Waals surface area contributed by atoms with E-state index >= 15 is 0 Å². The molecule has 1 aromatic carbocycles. The highest BCUT2D eigenvalue weighted by Gasteiger charge is 2.17. The summed E-state index contributed by atoms with van der Waals surface area (Å²) in [7, 11) is 0. The molecule has 0 fully saturated rings. The number of hydrogen-bond acceptors (Lipinski definition) is 1. The Labute approximate surface area is 113 Å². The molecule has 1 atom stereocenters. The smallest absolute Gasteiger partial charge is 0.254 e. The van der Waals surface area contributed by atoms with Crippen LogP contribution in [0.3, 0.4) is 0 Å². The molecule has 0 spiro atoms. The van der Waals surface area contributed by atoms with Gasteiger partial charge in [0.15, 0.2) is 0 Å². The van der Waals surface area contributed by atoms with Gasteiger partial charge in [-0.1, -0.05) is 19.9 Å². The number of hydrogen-bond donors (Lipinski definition) is 1. The third-order valence-electron chi connectivity index (χ3n) is 2.65. The van der Waals surface area contributed by atoms with Crippen molar-refractivity contribution in [3.05, 3.63) is 35.1 Å². The minimum Gasteiger partial charge on any atom is -0.348 e. The summed E-state index contributed by atoms with van der Waals surface area (Å²) in [6.07, 6.45) is 0.780. The van der Waals surface area contributed by atoms with Crippen molar-refractivity contribution >= 4 is 17.5 Å². The van der Waals surface area contributed by atoms with Crippen LogP contribution < -0.4 is 5.32 Å². The van der Waals surface area contributed by atoms with Crippen LogP contribution in [0.4, 0.5) is 4.39 Å². The van der Waals surface area contributed by atoms with E-state index < -0.39 is 11.7 Å². The number of amides is 1. The molecular formula is C14H19ClFNO. The molecule has 0 aliphatic rings. The van der Waals surface area contributed by atoms with Crippen molar-refractivity contribution in [2.45, 2.75) is 33.2 Å². The molecule has 0 aliphatic carbocycles. The van der Waals surface area contributed by atoms with Gasteiger partial charge < -0.3 is 5.32 Å². The maximum atomic E-state index is 13.6. The standard InChI is InChI=1S/C14H19ClFNO/c1-9(2)6-11(8-15)17-14(18)12-5-4-10(3)7-13(12)16/h4-5,7,9,11H,6,8H2,1-3H3,(H,17,18). The summed E-state index contributed by atoms with van der Waals surface area (Å²) in [5, 5.41) is 2.76. The summed E-state index contributed by atoms with van der Waals surface area (Å²) >= 11 is 5.80. The first-order valence-electron chi connectivity index (χ1n) is 6.07. The number of nitrogens with one attached hydrogen (secondary N) is 1. The number of aryl methyl sites for hydroxylation is 1. The topological polar surface area (TPSA) is 29.1 Å². The summed E-state index contributed by atoms with van der Waals surface area (Å²) in [6.45, 7) is 5.89. The Hall–Kier alpha value is -1.09. The second-order valence-electron chi connectivity index (χ2n) is 4.94. The predicted molar refractivity (Wildman–Crippen MR) is 72.6 cm³/mol. The molecule has 1 amide bonds. The highest BCUT2D eigenvalue weighted by atomic mass is 35.5. The first-order chi connectivity index (χ1) is 8.43. The second-order valence-corrected chi connectivity index (χ2v) is 5.25. The fraction of sp³-hybridized carbons (Fsp3) is 0.500. The lowest BCUT2D eigenvalue weighted by molar-refractivity contribution is 0.0932. The molecule has 1 N–H and O–H groups in total. The molecule has 0 aromatic heterocycles. The maximum absolute atomic E-state index is 13.6. The first-order valence-corrected chi connectivity index (χ1v) is 6.60. The van der Waals surface area contributed by atoms with Crippen LogP contribution in [0.5, 0.6) is 0 Å². The van der Waals surface area contributed by atoms with Crippen molar-refractivity contribution < 1.29 is 9.18 Å². The van der Waals surface area contributed by atoms with Gasteiger partial charge in [-0.25, -0.2) is 4.39 Å². The number of carbonyl (C=O) groups excluding carboxylic acids is 1. The molecule has 18 heavy (non-hydrogen) atoms. The summed E-state index contributed by atoms with van der Waals surface area (Å²) in [5.41, 5.74) is 0.861. The van der Waals surface area contributed by atoms with Crippen LogP contribution in [0.1, 0.15) is 36.2 Å². The van der Waals surface area contributed by atoms with Crippen molar-refractivity contribution in [2.75, 3.05) is 5.88 Å².